The largest absolute Gasteiger partial charge is 1.00 e. The van der Waals surface area contributed by atoms with E-state index in [4.69, 9.17) is 18.9 Å². The smallest absolute Gasteiger partial charge is 0.550 e. The van der Waals surface area contributed by atoms with Gasteiger partial charge in [0.2, 0.25) is 0 Å². The molecule has 11 heteroatoms. The molecule has 0 aliphatic rings. The molecule has 0 spiro atoms. The predicted octanol–water partition coefficient (Wildman–Crippen LogP) is -9.77. The first kappa shape index (κ1) is 25.4. The summed E-state index contributed by atoms with van der Waals surface area (Å²) in [5.41, 5.74) is 4.91. The molecule has 0 aromatic carbocycles. The van der Waals surface area contributed by atoms with Gasteiger partial charge in [0.1, 0.15) is 0 Å². The van der Waals surface area contributed by atoms with Gasteiger partial charge >= 0.3 is 69.6 Å². The zero-order chi connectivity index (χ0) is 11.7. The minimum absolute atomic E-state index is 0. The van der Waals surface area contributed by atoms with E-state index in [9.17, 15) is 19.8 Å². The van der Waals surface area contributed by atoms with E-state index in [1.54, 1.807) is 0 Å². The molecule has 3 N–H and O–H groups in total. The first-order chi connectivity index (χ1) is 6.27. The van der Waals surface area contributed by atoms with Crippen LogP contribution in [0.2, 0.25) is 0 Å². The Kier molecular flexibility index (Phi) is 24.6. The molecule has 0 aliphatic carbocycles. The summed E-state index contributed by atoms with van der Waals surface area (Å²) in [5.74, 6) is -2.75. The van der Waals surface area contributed by atoms with Crippen LogP contribution in [0.25, 0.3) is 0 Å². The molecule has 16 heavy (non-hydrogen) atoms. The van der Waals surface area contributed by atoms with Gasteiger partial charge in [-0.1, -0.05) is 0 Å². The van der Waals surface area contributed by atoms with E-state index < -0.39 is 28.5 Å². The number of carboxylic acid groups (broad SMARTS) is 2. The first-order valence-electron chi connectivity index (χ1n) is 3.24. The van der Waals surface area contributed by atoms with Gasteiger partial charge in [-0.05, 0) is 12.8 Å². The third-order valence-electron chi connectivity index (χ3n) is 0.962. The second-order valence-corrected chi connectivity index (χ2v) is 2.54. The van der Waals surface area contributed by atoms with E-state index in [-0.39, 0.29) is 72.0 Å². The predicted molar refractivity (Wildman–Crippen MR) is 38.9 cm³/mol. The number of rotatable bonds is 4. The van der Waals surface area contributed by atoms with E-state index in [1.165, 1.54) is 0 Å². The van der Waals surface area contributed by atoms with Crippen LogP contribution in [0.1, 0.15) is 12.8 Å². The van der Waals surface area contributed by atoms with Crippen molar-refractivity contribution in [2.75, 3.05) is 0 Å². The summed E-state index contributed by atoms with van der Waals surface area (Å²) in [7, 11) is -2.61. The molecule has 0 saturated carbocycles. The third-order valence-corrected chi connectivity index (χ3v) is 0.962. The molecule has 0 fully saturated rings. The van der Waals surface area contributed by atoms with Gasteiger partial charge < -0.3 is 25.5 Å². The van der Waals surface area contributed by atoms with Crippen LogP contribution in [-0.4, -0.2) is 26.4 Å². The summed E-state index contributed by atoms with van der Waals surface area (Å²) in [6.07, 6.45) is -0.500. The number of hydrogen-bond acceptors (Lipinski definition) is 8. The number of nitrogens with two attached hydrogens (primary N) is 1. The van der Waals surface area contributed by atoms with Crippen molar-refractivity contribution in [1.82, 2.24) is 0 Å². The Hall–Kier alpha value is 0.520. The maximum Gasteiger partial charge on any atom is 1.00 e. The van der Waals surface area contributed by atoms with Crippen molar-refractivity contribution in [2.45, 2.75) is 18.9 Å². The topological polar surface area (TPSA) is 164 Å². The van der Waals surface area contributed by atoms with Crippen molar-refractivity contribution in [3.8, 4) is 0 Å². The molecule has 0 aromatic rings. The fourth-order valence-corrected chi connectivity index (χ4v) is 0.391. The minimum atomic E-state index is -2.61. The van der Waals surface area contributed by atoms with Crippen LogP contribution < -0.4 is 75.1 Å². The molecule has 82 valence electrons. The average molecular weight is 270 g/mol. The molecule has 0 bridgehead atoms. The number of nitrogens with one attached hydrogen (secondary N) is 1. The van der Waals surface area contributed by atoms with Crippen LogP contribution in [-0.2, 0) is 20.1 Å². The summed E-state index contributed by atoms with van der Waals surface area (Å²) >= 11 is 0. The van der Waals surface area contributed by atoms with Gasteiger partial charge in [0.05, 0.1) is 5.97 Å². The monoisotopic (exact) mass is 270 g/mol. The number of carboxylic acids is 2. The minimum Gasteiger partial charge on any atom is -0.550 e. The van der Waals surface area contributed by atoms with Gasteiger partial charge in [-0.25, -0.2) is 0 Å². The number of aliphatic carboxylic acids is 2. The summed E-state index contributed by atoms with van der Waals surface area (Å²) < 4.78 is 22.8. The Labute approximate surface area is 138 Å². The number of hydrogen-bond donors (Lipinski definition) is 2. The van der Waals surface area contributed by atoms with Crippen LogP contribution in [0, 0.1) is 4.78 Å². The van der Waals surface area contributed by atoms with Crippen molar-refractivity contribution in [3.63, 3.8) is 0 Å². The molecule has 0 radical (unpaired) electrons. The Bertz CT molecular complexity index is 297. The van der Waals surface area contributed by atoms with Crippen LogP contribution in [0.3, 0.4) is 0 Å². The number of carbonyl (C=O) groups is 2. The van der Waals surface area contributed by atoms with E-state index >= 15 is 0 Å². The molecular weight excluding hydrogens is 262 g/mol. The van der Waals surface area contributed by atoms with E-state index in [2.05, 4.69) is 0 Å². The van der Waals surface area contributed by atoms with Crippen molar-refractivity contribution in [2.24, 2.45) is 5.73 Å². The molecule has 0 amide bonds. The maximum atomic E-state index is 9.86. The fourth-order valence-electron chi connectivity index (χ4n) is 0.391. The first-order valence-corrected chi connectivity index (χ1v) is 4.31. The molecule has 0 heterocycles. The van der Waals surface area contributed by atoms with Crippen LogP contribution in [0.4, 0.5) is 0 Å². The quantitative estimate of drug-likeness (QED) is 0.478. The third kappa shape index (κ3) is 29.3. The number of carbonyl (C=O) groups excluding carboxylic acids is 2. The zero-order valence-electron chi connectivity index (χ0n) is 8.93. The summed E-state index contributed by atoms with van der Waals surface area (Å²) in [6, 6.07) is -1.21. The molecule has 0 rings (SSSR count). The Morgan fingerprint density at radius 3 is 1.75 bits per heavy atom. The molecular formula is C5H8N2Na2O6S. The molecule has 0 unspecified atom stereocenters. The summed E-state index contributed by atoms with van der Waals surface area (Å²) in [4.78, 5) is 19.6. The maximum absolute atomic E-state index is 9.86. The van der Waals surface area contributed by atoms with E-state index in [1.807, 2.05) is 0 Å². The zero-order valence-corrected chi connectivity index (χ0v) is 13.7. The Morgan fingerprint density at radius 1 is 1.25 bits per heavy atom. The molecule has 8 nitrogen and oxygen atoms in total. The van der Waals surface area contributed by atoms with Crippen molar-refractivity contribution < 1.29 is 87.3 Å². The van der Waals surface area contributed by atoms with Gasteiger partial charge in [0, 0.05) is 12.0 Å². The van der Waals surface area contributed by atoms with Gasteiger partial charge in [-0.3, -0.25) is 0 Å². The van der Waals surface area contributed by atoms with E-state index in [0.717, 1.165) is 0 Å². The van der Waals surface area contributed by atoms with Crippen LogP contribution in [0.5, 0.6) is 0 Å². The molecule has 1 atom stereocenters. The van der Waals surface area contributed by atoms with Crippen molar-refractivity contribution in [3.05, 3.63) is 0 Å². The molecule has 0 aromatic heterocycles. The Balaban J connectivity index is -0.000000105. The van der Waals surface area contributed by atoms with Gasteiger partial charge in [0.25, 0.3) is 0 Å². The van der Waals surface area contributed by atoms with Crippen molar-refractivity contribution >= 4 is 22.4 Å². The van der Waals surface area contributed by atoms with Crippen molar-refractivity contribution in [1.29, 1.82) is 4.78 Å². The normalized spacial score (nSPS) is 9.31. The van der Waals surface area contributed by atoms with Gasteiger partial charge in [-0.15, -0.1) is 0 Å². The standard InChI is InChI=1S/C5H9NO4.HNO2S.2Na/c6-3(5(9)10)1-2-4(7)8;1-4(2)3;;/h3H,1-2,6H2,(H,7,8)(H,9,10);1H;;/q;;2*+1/p-2/t3-;;;/m0.../s1. The Morgan fingerprint density at radius 2 is 1.56 bits per heavy atom. The van der Waals surface area contributed by atoms with E-state index in [0.29, 0.717) is 0 Å². The summed E-state index contributed by atoms with van der Waals surface area (Å²) in [6.45, 7) is 0. The second-order valence-electron chi connectivity index (χ2n) is 2.07. The second kappa shape index (κ2) is 15.5. The van der Waals surface area contributed by atoms with Gasteiger partial charge in [0.15, 0.2) is 0 Å². The van der Waals surface area contributed by atoms with Crippen LogP contribution in [0.15, 0.2) is 0 Å². The molecule has 0 aliphatic heterocycles. The summed E-state index contributed by atoms with van der Waals surface area (Å²) in [5, 5.41) is 19.6. The average Bonchev–Trinajstić information content (AvgIpc) is 1.98. The fraction of sp³-hybridized carbons (Fsp3) is 0.600. The van der Waals surface area contributed by atoms with Crippen LogP contribution >= 0.6 is 0 Å². The SMILES string of the molecule is N=S(=O)=O.N[C@@H](CCC(=O)[O-])C(=O)[O-].[Na+].[Na+]. The molecule has 0 saturated heterocycles. The van der Waals surface area contributed by atoms with Gasteiger partial charge in [-0.2, -0.15) is 13.2 Å².